The monoisotopic (exact) mass is 266 g/mol. The molecule has 0 fully saturated rings. The van der Waals surface area contributed by atoms with Crippen LogP contribution in [0.15, 0.2) is 52.0 Å². The van der Waals surface area contributed by atoms with Gasteiger partial charge in [-0.25, -0.2) is 0 Å². The first-order valence-electron chi connectivity index (χ1n) is 5.56. The van der Waals surface area contributed by atoms with E-state index in [0.29, 0.717) is 12.2 Å². The zero-order valence-corrected chi connectivity index (χ0v) is 10.8. The summed E-state index contributed by atoms with van der Waals surface area (Å²) in [4.78, 5) is 0.174. The van der Waals surface area contributed by atoms with Gasteiger partial charge < -0.3 is 4.42 Å². The fourth-order valence-corrected chi connectivity index (χ4v) is 2.39. The molecule has 0 N–H and O–H groups in total. The first kappa shape index (κ1) is 12.9. The Morgan fingerprint density at radius 2 is 1.89 bits per heavy atom. The molecule has 96 valence electrons. The molecule has 0 aliphatic carbocycles. The van der Waals surface area contributed by atoms with Gasteiger partial charge in [0, 0.05) is 6.42 Å². The van der Waals surface area contributed by atoms with Crippen molar-refractivity contribution < 1.29 is 17.0 Å². The molecular weight excluding hydrogens is 252 g/mol. The van der Waals surface area contributed by atoms with E-state index in [4.69, 9.17) is 8.60 Å². The number of aryl methyl sites for hydroxylation is 1. The third-order valence-electron chi connectivity index (χ3n) is 2.48. The second kappa shape index (κ2) is 5.37. The van der Waals surface area contributed by atoms with Crippen LogP contribution in [0.1, 0.15) is 11.3 Å². The predicted molar refractivity (Wildman–Crippen MR) is 66.7 cm³/mol. The molecule has 1 heterocycles. The molecule has 2 rings (SSSR count). The van der Waals surface area contributed by atoms with Gasteiger partial charge in [-0.05, 0) is 31.2 Å². The smallest absolute Gasteiger partial charge is 0.296 e. The molecule has 0 amide bonds. The molecule has 0 atom stereocenters. The Morgan fingerprint density at radius 1 is 1.17 bits per heavy atom. The van der Waals surface area contributed by atoms with E-state index in [1.54, 1.807) is 30.5 Å². The first-order chi connectivity index (χ1) is 8.58. The summed E-state index contributed by atoms with van der Waals surface area (Å²) in [6, 6.07) is 10.1. The maximum Gasteiger partial charge on any atom is 0.296 e. The van der Waals surface area contributed by atoms with Gasteiger partial charge >= 0.3 is 0 Å². The van der Waals surface area contributed by atoms with E-state index in [2.05, 4.69) is 0 Å². The van der Waals surface area contributed by atoms with Crippen molar-refractivity contribution in [2.75, 3.05) is 6.61 Å². The molecule has 0 radical (unpaired) electrons. The van der Waals surface area contributed by atoms with E-state index < -0.39 is 10.1 Å². The van der Waals surface area contributed by atoms with Crippen molar-refractivity contribution in [1.29, 1.82) is 0 Å². The number of rotatable bonds is 5. The van der Waals surface area contributed by atoms with E-state index in [-0.39, 0.29) is 11.5 Å². The molecule has 0 bridgehead atoms. The second-order valence-corrected chi connectivity index (χ2v) is 5.53. The number of furan rings is 1. The number of hydrogen-bond donors (Lipinski definition) is 0. The van der Waals surface area contributed by atoms with Gasteiger partial charge in [0.15, 0.2) is 0 Å². The van der Waals surface area contributed by atoms with Crippen LogP contribution in [-0.4, -0.2) is 15.0 Å². The minimum Gasteiger partial charge on any atom is -0.469 e. The molecule has 2 aromatic rings. The van der Waals surface area contributed by atoms with Crippen molar-refractivity contribution >= 4 is 10.1 Å². The third kappa shape index (κ3) is 3.21. The van der Waals surface area contributed by atoms with E-state index >= 15 is 0 Å². The predicted octanol–water partition coefficient (Wildman–Crippen LogP) is 2.54. The average molecular weight is 266 g/mol. The highest BCUT2D eigenvalue weighted by molar-refractivity contribution is 7.86. The lowest BCUT2D eigenvalue weighted by atomic mass is 10.2. The highest BCUT2D eigenvalue weighted by Crippen LogP contribution is 2.13. The normalized spacial score (nSPS) is 11.6. The van der Waals surface area contributed by atoms with Gasteiger partial charge in [-0.15, -0.1) is 0 Å². The van der Waals surface area contributed by atoms with Crippen molar-refractivity contribution in [2.24, 2.45) is 0 Å². The summed E-state index contributed by atoms with van der Waals surface area (Å²) in [5.41, 5.74) is 1.00. The van der Waals surface area contributed by atoms with Gasteiger partial charge in [0.05, 0.1) is 17.8 Å². The Kier molecular flexibility index (Phi) is 3.84. The van der Waals surface area contributed by atoms with Crippen molar-refractivity contribution in [1.82, 2.24) is 0 Å². The summed E-state index contributed by atoms with van der Waals surface area (Å²) in [6.45, 7) is 1.97. The minimum absolute atomic E-state index is 0.0731. The van der Waals surface area contributed by atoms with Crippen LogP contribution in [-0.2, 0) is 20.7 Å². The van der Waals surface area contributed by atoms with Crippen molar-refractivity contribution in [3.8, 4) is 0 Å². The molecule has 4 nitrogen and oxygen atoms in total. The molecule has 0 saturated heterocycles. The fraction of sp³-hybridized carbons (Fsp3) is 0.231. The van der Waals surface area contributed by atoms with E-state index in [0.717, 1.165) is 5.56 Å². The summed E-state index contributed by atoms with van der Waals surface area (Å²) in [5, 5.41) is 0. The van der Waals surface area contributed by atoms with Gasteiger partial charge in [0.2, 0.25) is 0 Å². The molecule has 0 aliphatic rings. The van der Waals surface area contributed by atoms with Gasteiger partial charge in [-0.3, -0.25) is 4.18 Å². The summed E-state index contributed by atoms with van der Waals surface area (Å²) < 4.78 is 33.7. The number of benzene rings is 1. The van der Waals surface area contributed by atoms with Gasteiger partial charge in [0.1, 0.15) is 5.76 Å². The molecule has 0 spiro atoms. The van der Waals surface area contributed by atoms with Crippen LogP contribution in [0.4, 0.5) is 0 Å². The van der Waals surface area contributed by atoms with Crippen molar-refractivity contribution in [2.45, 2.75) is 18.2 Å². The zero-order chi connectivity index (χ0) is 13.0. The van der Waals surface area contributed by atoms with Crippen LogP contribution in [0.3, 0.4) is 0 Å². The Hall–Kier alpha value is -1.59. The van der Waals surface area contributed by atoms with E-state index in [1.165, 1.54) is 12.1 Å². The van der Waals surface area contributed by atoms with Crippen LogP contribution in [0.2, 0.25) is 0 Å². The highest BCUT2D eigenvalue weighted by atomic mass is 32.2. The lowest BCUT2D eigenvalue weighted by molar-refractivity contribution is 0.310. The maximum absolute atomic E-state index is 11.8. The van der Waals surface area contributed by atoms with Crippen LogP contribution in [0, 0.1) is 6.92 Å². The quantitative estimate of drug-likeness (QED) is 0.780. The van der Waals surface area contributed by atoms with Crippen LogP contribution >= 0.6 is 0 Å². The number of hydrogen-bond acceptors (Lipinski definition) is 4. The summed E-state index contributed by atoms with van der Waals surface area (Å²) in [7, 11) is -3.67. The molecule has 0 saturated carbocycles. The Balaban J connectivity index is 1.97. The molecule has 5 heteroatoms. The van der Waals surface area contributed by atoms with Crippen LogP contribution < -0.4 is 0 Å². The van der Waals surface area contributed by atoms with Gasteiger partial charge in [0.25, 0.3) is 10.1 Å². The molecule has 1 aromatic heterocycles. The topological polar surface area (TPSA) is 56.5 Å². The summed E-state index contributed by atoms with van der Waals surface area (Å²) in [5.74, 6) is 0.703. The largest absolute Gasteiger partial charge is 0.469 e. The summed E-state index contributed by atoms with van der Waals surface area (Å²) >= 11 is 0. The Morgan fingerprint density at radius 3 is 2.50 bits per heavy atom. The second-order valence-electron chi connectivity index (χ2n) is 3.92. The van der Waals surface area contributed by atoms with Gasteiger partial charge in [-0.1, -0.05) is 17.7 Å². The highest BCUT2D eigenvalue weighted by Gasteiger charge is 2.14. The zero-order valence-electron chi connectivity index (χ0n) is 10.00. The van der Waals surface area contributed by atoms with Crippen molar-refractivity contribution in [3.63, 3.8) is 0 Å². The summed E-state index contributed by atoms with van der Waals surface area (Å²) in [6.07, 6.45) is 1.97. The third-order valence-corrected chi connectivity index (χ3v) is 3.80. The molecule has 0 unspecified atom stereocenters. The molecule has 0 aliphatic heterocycles. The molecular formula is C13H14O4S. The lowest BCUT2D eigenvalue weighted by Gasteiger charge is -2.05. The average Bonchev–Trinajstić information content (AvgIpc) is 2.82. The molecule has 18 heavy (non-hydrogen) atoms. The Labute approximate surface area is 106 Å². The fourth-order valence-electron chi connectivity index (χ4n) is 1.48. The van der Waals surface area contributed by atoms with E-state index in [9.17, 15) is 8.42 Å². The van der Waals surface area contributed by atoms with Gasteiger partial charge in [-0.2, -0.15) is 8.42 Å². The minimum atomic E-state index is -3.67. The van der Waals surface area contributed by atoms with Crippen LogP contribution in [0.5, 0.6) is 0 Å². The SMILES string of the molecule is Cc1ccc(S(=O)(=O)OCCc2ccco2)cc1. The lowest BCUT2D eigenvalue weighted by Crippen LogP contribution is -2.09. The standard InChI is InChI=1S/C13H14O4S/c1-11-4-6-13(7-5-11)18(14,15)17-10-8-12-3-2-9-16-12/h2-7,9H,8,10H2,1H3. The maximum atomic E-state index is 11.8. The Bertz CT molecular complexity index is 582. The van der Waals surface area contributed by atoms with E-state index in [1.807, 2.05) is 6.92 Å². The molecule has 1 aromatic carbocycles. The first-order valence-corrected chi connectivity index (χ1v) is 6.97. The van der Waals surface area contributed by atoms with Crippen LogP contribution in [0.25, 0.3) is 0 Å². The van der Waals surface area contributed by atoms with Crippen molar-refractivity contribution in [3.05, 3.63) is 54.0 Å².